The smallest absolute Gasteiger partial charge is 0.347 e. The highest BCUT2D eigenvalue weighted by Gasteiger charge is 2.50. The summed E-state index contributed by atoms with van der Waals surface area (Å²) in [6.07, 6.45) is -8.02. The minimum Gasteiger partial charge on any atom is -0.347 e. The summed E-state index contributed by atoms with van der Waals surface area (Å²) in [6.45, 7) is 7.53. The monoisotopic (exact) mass is 546 g/mol. The Bertz CT molecular complexity index is 1420. The van der Waals surface area contributed by atoms with Gasteiger partial charge < -0.3 is 4.57 Å². The summed E-state index contributed by atoms with van der Waals surface area (Å²) >= 11 is 0. The summed E-state index contributed by atoms with van der Waals surface area (Å²) in [6, 6.07) is 6.59. The lowest BCUT2D eigenvalue weighted by Gasteiger charge is -2.22. The van der Waals surface area contributed by atoms with Crippen molar-refractivity contribution in [2.75, 3.05) is 0 Å². The molecule has 202 valence electrons. The molecule has 1 fully saturated rings. The van der Waals surface area contributed by atoms with Crippen molar-refractivity contribution in [3.63, 3.8) is 0 Å². The maximum absolute atomic E-state index is 14.3. The van der Waals surface area contributed by atoms with E-state index in [1.807, 2.05) is 25.5 Å². The van der Waals surface area contributed by atoms with Crippen LogP contribution in [-0.2, 0) is 22.7 Å². The highest BCUT2D eigenvalue weighted by molar-refractivity contribution is 7.90. The Kier molecular flexibility index (Phi) is 6.72. The van der Waals surface area contributed by atoms with E-state index in [9.17, 15) is 34.8 Å². The molecule has 0 bridgehead atoms. The Labute approximate surface area is 211 Å². The van der Waals surface area contributed by atoms with Crippen LogP contribution >= 0.6 is 0 Å². The molecule has 2 aromatic carbocycles. The van der Waals surface area contributed by atoms with Gasteiger partial charge in [-0.15, -0.1) is 0 Å². The number of alkyl halides is 6. The van der Waals surface area contributed by atoms with Crippen LogP contribution in [0.4, 0.5) is 26.3 Å². The Balaban J connectivity index is 1.90. The number of halogens is 6. The first kappa shape index (κ1) is 27.5. The molecule has 1 aromatic heterocycles. The molecule has 1 aliphatic rings. The van der Waals surface area contributed by atoms with Crippen molar-refractivity contribution < 1.29 is 34.8 Å². The molecule has 0 amide bonds. The van der Waals surface area contributed by atoms with Crippen LogP contribution in [0.1, 0.15) is 51.3 Å². The third-order valence-corrected chi connectivity index (χ3v) is 8.47. The molecule has 1 saturated carbocycles. The van der Waals surface area contributed by atoms with E-state index >= 15 is 0 Å². The predicted octanol–water partition coefficient (Wildman–Crippen LogP) is 7.30. The van der Waals surface area contributed by atoms with Crippen LogP contribution in [0.3, 0.4) is 0 Å². The third-order valence-electron chi connectivity index (χ3n) is 6.46. The Hall–Kier alpha value is -2.53. The summed E-state index contributed by atoms with van der Waals surface area (Å²) < 4.78 is 112. The molecular formula is C26H28F6N2O2S. The SMILES string of the molecule is C[C@H]1C[C@@H]1S(=O)(=O)N[C@@H](c1cn(CC(C)(C)C)c2cc(-c3ccccc3C(F)(F)F)ccc12)C(F)(F)F. The van der Waals surface area contributed by atoms with Gasteiger partial charge in [0.1, 0.15) is 6.04 Å². The first-order chi connectivity index (χ1) is 16.9. The Morgan fingerprint density at radius 3 is 2.19 bits per heavy atom. The molecule has 3 aromatic rings. The van der Waals surface area contributed by atoms with E-state index < -0.39 is 39.2 Å². The normalized spacial score (nSPS) is 19.8. The van der Waals surface area contributed by atoms with Crippen LogP contribution < -0.4 is 4.72 Å². The van der Waals surface area contributed by atoms with Gasteiger partial charge in [-0.3, -0.25) is 0 Å². The number of hydrogen-bond acceptors (Lipinski definition) is 2. The van der Waals surface area contributed by atoms with E-state index in [4.69, 9.17) is 0 Å². The van der Waals surface area contributed by atoms with E-state index in [1.165, 1.54) is 42.6 Å². The van der Waals surface area contributed by atoms with Crippen molar-refractivity contribution in [2.24, 2.45) is 11.3 Å². The number of benzene rings is 2. The van der Waals surface area contributed by atoms with Crippen molar-refractivity contribution in [2.45, 2.75) is 64.3 Å². The molecule has 1 heterocycles. The highest BCUT2D eigenvalue weighted by Crippen LogP contribution is 2.43. The van der Waals surface area contributed by atoms with Gasteiger partial charge in [0.25, 0.3) is 0 Å². The molecule has 0 saturated heterocycles. The molecule has 0 radical (unpaired) electrons. The molecule has 0 spiro atoms. The van der Waals surface area contributed by atoms with Crippen LogP contribution in [0.5, 0.6) is 0 Å². The summed E-state index contributed by atoms with van der Waals surface area (Å²) in [5, 5.41) is -0.767. The lowest BCUT2D eigenvalue weighted by atomic mass is 9.96. The molecule has 0 unspecified atom stereocenters. The van der Waals surface area contributed by atoms with Crippen LogP contribution in [0.15, 0.2) is 48.7 Å². The fourth-order valence-electron chi connectivity index (χ4n) is 4.62. The molecule has 1 N–H and O–H groups in total. The summed E-state index contributed by atoms with van der Waals surface area (Å²) in [4.78, 5) is 0. The Morgan fingerprint density at radius 2 is 1.65 bits per heavy atom. The number of nitrogens with zero attached hydrogens (tertiary/aromatic N) is 1. The molecule has 37 heavy (non-hydrogen) atoms. The maximum Gasteiger partial charge on any atom is 0.417 e. The van der Waals surface area contributed by atoms with Crippen LogP contribution in [0.2, 0.25) is 0 Å². The number of hydrogen-bond donors (Lipinski definition) is 1. The topological polar surface area (TPSA) is 51.1 Å². The molecule has 4 rings (SSSR count). The third kappa shape index (κ3) is 5.82. The van der Waals surface area contributed by atoms with Gasteiger partial charge in [0.2, 0.25) is 10.0 Å². The van der Waals surface area contributed by atoms with Gasteiger partial charge in [-0.25, -0.2) is 8.42 Å². The highest BCUT2D eigenvalue weighted by atomic mass is 32.2. The fourth-order valence-corrected chi connectivity index (χ4v) is 6.55. The lowest BCUT2D eigenvalue weighted by Crippen LogP contribution is -2.40. The quantitative estimate of drug-likeness (QED) is 0.330. The van der Waals surface area contributed by atoms with E-state index in [2.05, 4.69) is 0 Å². The van der Waals surface area contributed by atoms with Gasteiger partial charge >= 0.3 is 12.4 Å². The average Bonchev–Trinajstić information content (AvgIpc) is 3.41. The van der Waals surface area contributed by atoms with Crippen LogP contribution in [0.25, 0.3) is 22.0 Å². The van der Waals surface area contributed by atoms with Gasteiger partial charge in [0, 0.05) is 29.2 Å². The number of nitrogens with one attached hydrogen (secondary N) is 1. The second-order valence-electron chi connectivity index (χ2n) is 10.9. The van der Waals surface area contributed by atoms with Crippen molar-refractivity contribution in [3.05, 3.63) is 59.8 Å². The maximum atomic E-state index is 14.3. The number of sulfonamides is 1. The zero-order valence-corrected chi connectivity index (χ0v) is 21.5. The summed E-state index contributed by atoms with van der Waals surface area (Å²) in [5.41, 5.74) is -1.16. The zero-order chi connectivity index (χ0) is 27.6. The van der Waals surface area contributed by atoms with Gasteiger partial charge in [-0.2, -0.15) is 31.1 Å². The Morgan fingerprint density at radius 1 is 1.03 bits per heavy atom. The fraction of sp³-hybridized carbons (Fsp3) is 0.462. The minimum absolute atomic E-state index is 0.0993. The lowest BCUT2D eigenvalue weighted by molar-refractivity contribution is -0.152. The molecule has 0 aliphatic heterocycles. The van der Waals surface area contributed by atoms with Crippen LogP contribution in [0, 0.1) is 11.3 Å². The second-order valence-corrected chi connectivity index (χ2v) is 12.9. The van der Waals surface area contributed by atoms with Crippen molar-refractivity contribution in [3.8, 4) is 11.1 Å². The molecular weight excluding hydrogens is 518 g/mol. The summed E-state index contributed by atoms with van der Waals surface area (Å²) in [7, 11) is -4.24. The van der Waals surface area contributed by atoms with Gasteiger partial charge in [-0.1, -0.05) is 58.0 Å². The molecule has 1 aliphatic carbocycles. The minimum atomic E-state index is -4.94. The average molecular weight is 547 g/mol. The molecule has 4 nitrogen and oxygen atoms in total. The zero-order valence-electron chi connectivity index (χ0n) is 20.7. The van der Waals surface area contributed by atoms with E-state index in [0.717, 1.165) is 6.07 Å². The van der Waals surface area contributed by atoms with E-state index in [1.54, 1.807) is 11.5 Å². The first-order valence-corrected chi connectivity index (χ1v) is 13.3. The van der Waals surface area contributed by atoms with Gasteiger partial charge in [-0.05, 0) is 41.0 Å². The molecule has 11 heteroatoms. The van der Waals surface area contributed by atoms with Gasteiger partial charge in [0.15, 0.2) is 0 Å². The van der Waals surface area contributed by atoms with Crippen LogP contribution in [-0.4, -0.2) is 24.4 Å². The number of fused-ring (bicyclic) bond motifs is 1. The first-order valence-electron chi connectivity index (χ1n) is 11.8. The second kappa shape index (κ2) is 9.04. The standard InChI is InChI=1S/C26H28F6N2O2S/c1-15-11-22(15)37(35,36)33-23(26(30,31)32)19-13-34(14-24(2,3)4)21-12-16(9-10-18(19)21)17-7-5-6-8-20(17)25(27,28)29/h5-10,12-13,15,22-23,33H,11,14H2,1-4H3/t15-,22-,23-/m0/s1. The van der Waals surface area contributed by atoms with E-state index in [-0.39, 0.29) is 51.9 Å². The van der Waals surface area contributed by atoms with Crippen molar-refractivity contribution in [1.82, 2.24) is 9.29 Å². The molecule has 3 atom stereocenters. The predicted molar refractivity (Wildman–Crippen MR) is 130 cm³/mol. The van der Waals surface area contributed by atoms with Crippen molar-refractivity contribution in [1.29, 1.82) is 0 Å². The van der Waals surface area contributed by atoms with Gasteiger partial charge in [0.05, 0.1) is 10.8 Å². The van der Waals surface area contributed by atoms with Crippen molar-refractivity contribution >= 4 is 20.9 Å². The largest absolute Gasteiger partial charge is 0.417 e. The summed E-state index contributed by atoms with van der Waals surface area (Å²) in [5.74, 6) is -0.232. The van der Waals surface area contributed by atoms with E-state index in [0.29, 0.717) is 0 Å². The number of aromatic nitrogens is 1. The number of rotatable bonds is 6.